The Kier molecular flexibility index (Phi) is 10.3. The fraction of sp³-hybridized carbons (Fsp3) is 0.243. The number of carbonyl (C=O) groups excluding carboxylic acids is 2. The topological polar surface area (TPSA) is 111 Å². The van der Waals surface area contributed by atoms with E-state index in [2.05, 4.69) is 41.4 Å². The highest BCUT2D eigenvalue weighted by Gasteiger charge is 2.48. The van der Waals surface area contributed by atoms with Gasteiger partial charge in [0, 0.05) is 11.3 Å². The molecule has 1 N–H and O–H groups in total. The molecule has 0 spiro atoms. The molecule has 5 aromatic rings. The SMILES string of the molecule is CCCCOc1ccc(C2/C(=C(\O)c3ccc(OC)cc3)C(=O)C(=O)N2c2nnc(SCc3cccc4ccccc34)s2)cc1OCC. The predicted molar refractivity (Wildman–Crippen MR) is 189 cm³/mol. The van der Waals surface area contributed by atoms with Gasteiger partial charge in [-0.1, -0.05) is 85.0 Å². The fourth-order valence-electron chi connectivity index (χ4n) is 5.57. The molecule has 1 aliphatic rings. The Morgan fingerprint density at radius 1 is 0.938 bits per heavy atom. The van der Waals surface area contributed by atoms with Gasteiger partial charge in [0.2, 0.25) is 5.13 Å². The van der Waals surface area contributed by atoms with Crippen LogP contribution in [0.4, 0.5) is 5.13 Å². The van der Waals surface area contributed by atoms with Crippen LogP contribution in [0.5, 0.6) is 17.2 Å². The molecular weight excluding hydrogens is 647 g/mol. The first-order valence-corrected chi connectivity index (χ1v) is 17.5. The average molecular weight is 682 g/mol. The number of anilines is 1. The smallest absolute Gasteiger partial charge is 0.301 e. The van der Waals surface area contributed by atoms with Crippen LogP contribution in [0.1, 0.15) is 49.4 Å². The molecule has 1 saturated heterocycles. The monoisotopic (exact) mass is 681 g/mol. The molecule has 1 aliphatic heterocycles. The third-order valence-electron chi connectivity index (χ3n) is 7.98. The number of hydrogen-bond acceptors (Lipinski definition) is 10. The summed E-state index contributed by atoms with van der Waals surface area (Å²) < 4.78 is 17.8. The van der Waals surface area contributed by atoms with Gasteiger partial charge in [-0.15, -0.1) is 10.2 Å². The van der Waals surface area contributed by atoms with Gasteiger partial charge in [0.25, 0.3) is 5.78 Å². The lowest BCUT2D eigenvalue weighted by molar-refractivity contribution is -0.132. The molecule has 1 aromatic heterocycles. The van der Waals surface area contributed by atoms with Crippen LogP contribution in [0.15, 0.2) is 94.8 Å². The zero-order valence-electron chi connectivity index (χ0n) is 26.8. The van der Waals surface area contributed by atoms with E-state index in [1.165, 1.54) is 28.0 Å². The quantitative estimate of drug-likeness (QED) is 0.0328. The van der Waals surface area contributed by atoms with Gasteiger partial charge in [-0.2, -0.15) is 0 Å². The Hall–Kier alpha value is -4.87. The van der Waals surface area contributed by atoms with Crippen molar-refractivity contribution in [2.24, 2.45) is 0 Å². The van der Waals surface area contributed by atoms with Crippen molar-refractivity contribution in [3.8, 4) is 17.2 Å². The number of fused-ring (bicyclic) bond motifs is 1. The molecule has 246 valence electrons. The van der Waals surface area contributed by atoms with Gasteiger partial charge in [0.05, 0.1) is 31.9 Å². The van der Waals surface area contributed by atoms with Crippen molar-refractivity contribution in [2.45, 2.75) is 42.8 Å². The van der Waals surface area contributed by atoms with Gasteiger partial charge in [-0.05, 0) is 71.6 Å². The third-order valence-corrected chi connectivity index (χ3v) is 10.1. The summed E-state index contributed by atoms with van der Waals surface area (Å²) in [7, 11) is 1.54. The second-order valence-corrected chi connectivity index (χ2v) is 13.2. The van der Waals surface area contributed by atoms with E-state index in [4.69, 9.17) is 14.2 Å². The molecular formula is C37H35N3O6S2. The van der Waals surface area contributed by atoms with Crippen molar-refractivity contribution < 1.29 is 28.9 Å². The number of thioether (sulfide) groups is 1. The number of ether oxygens (including phenoxy) is 3. The van der Waals surface area contributed by atoms with Gasteiger partial charge < -0.3 is 19.3 Å². The zero-order valence-corrected chi connectivity index (χ0v) is 28.5. The molecule has 2 heterocycles. The van der Waals surface area contributed by atoms with Gasteiger partial charge in [0.1, 0.15) is 11.5 Å². The lowest BCUT2D eigenvalue weighted by atomic mass is 9.95. The van der Waals surface area contributed by atoms with E-state index < -0.39 is 17.7 Å². The minimum atomic E-state index is -1.00. The van der Waals surface area contributed by atoms with E-state index in [1.54, 1.807) is 49.6 Å². The van der Waals surface area contributed by atoms with Gasteiger partial charge in [-0.25, -0.2) is 0 Å². The number of carbonyl (C=O) groups is 2. The minimum Gasteiger partial charge on any atom is -0.507 e. The van der Waals surface area contributed by atoms with Crippen LogP contribution in [0.2, 0.25) is 0 Å². The first-order chi connectivity index (χ1) is 23.4. The Labute approximate surface area is 287 Å². The molecule has 0 saturated carbocycles. The summed E-state index contributed by atoms with van der Waals surface area (Å²) in [5.74, 6) is 0.333. The van der Waals surface area contributed by atoms with Gasteiger partial charge in [-0.3, -0.25) is 14.5 Å². The van der Waals surface area contributed by atoms with E-state index in [9.17, 15) is 14.7 Å². The minimum absolute atomic E-state index is 0.0626. The molecule has 1 unspecified atom stereocenters. The first-order valence-electron chi connectivity index (χ1n) is 15.7. The lowest BCUT2D eigenvalue weighted by Gasteiger charge is -2.23. The van der Waals surface area contributed by atoms with Crippen molar-refractivity contribution in [1.29, 1.82) is 0 Å². The lowest BCUT2D eigenvalue weighted by Crippen LogP contribution is -2.29. The van der Waals surface area contributed by atoms with Crippen LogP contribution >= 0.6 is 23.1 Å². The number of ketones is 1. The second kappa shape index (κ2) is 14.9. The molecule has 0 radical (unpaired) electrons. The van der Waals surface area contributed by atoms with Crippen molar-refractivity contribution >= 4 is 56.5 Å². The summed E-state index contributed by atoms with van der Waals surface area (Å²) in [6.45, 7) is 4.86. The standard InChI is InChI=1S/C37H35N3O6S2/c1-4-6-20-46-29-19-16-25(21-30(29)45-5-2)32-31(33(41)24-14-17-27(44-3)18-15-24)34(42)35(43)40(32)36-38-39-37(48-36)47-22-26-12-9-11-23-10-7-8-13-28(23)26/h7-19,21,32,41H,4-6,20,22H2,1-3H3/b33-31+. The van der Waals surface area contributed by atoms with Crippen molar-refractivity contribution in [3.05, 3.63) is 107 Å². The molecule has 4 aromatic carbocycles. The van der Waals surface area contributed by atoms with Crippen LogP contribution < -0.4 is 19.1 Å². The number of aromatic nitrogens is 2. The predicted octanol–water partition coefficient (Wildman–Crippen LogP) is 8.20. The summed E-state index contributed by atoms with van der Waals surface area (Å²) in [5, 5.41) is 22.9. The second-order valence-electron chi connectivity index (χ2n) is 11.0. The molecule has 11 heteroatoms. The number of amides is 1. The summed E-state index contributed by atoms with van der Waals surface area (Å²) in [6.07, 6.45) is 1.86. The summed E-state index contributed by atoms with van der Waals surface area (Å²) in [4.78, 5) is 28.9. The highest BCUT2D eigenvalue weighted by atomic mass is 32.2. The van der Waals surface area contributed by atoms with Gasteiger partial charge in [0.15, 0.2) is 15.8 Å². The van der Waals surface area contributed by atoms with Gasteiger partial charge >= 0.3 is 5.91 Å². The number of methoxy groups -OCH3 is 1. The Morgan fingerprint density at radius 2 is 1.73 bits per heavy atom. The number of unbranched alkanes of at least 4 members (excludes halogenated alkanes) is 1. The number of Topliss-reactive ketones (excluding diaryl/α,β-unsaturated/α-hetero) is 1. The van der Waals surface area contributed by atoms with Crippen molar-refractivity contribution in [1.82, 2.24) is 10.2 Å². The molecule has 48 heavy (non-hydrogen) atoms. The van der Waals surface area contributed by atoms with Crippen LogP contribution in [-0.2, 0) is 15.3 Å². The average Bonchev–Trinajstić information content (AvgIpc) is 3.69. The molecule has 1 fully saturated rings. The third kappa shape index (κ3) is 6.74. The molecule has 1 atom stereocenters. The Bertz CT molecular complexity index is 1970. The molecule has 0 bridgehead atoms. The molecule has 6 rings (SSSR count). The number of aliphatic hydroxyl groups is 1. The summed E-state index contributed by atoms with van der Waals surface area (Å²) in [6, 6.07) is 25.4. The van der Waals surface area contributed by atoms with Crippen LogP contribution in [0.25, 0.3) is 16.5 Å². The molecule has 0 aliphatic carbocycles. The summed E-state index contributed by atoms with van der Waals surface area (Å²) >= 11 is 2.73. The molecule has 9 nitrogen and oxygen atoms in total. The van der Waals surface area contributed by atoms with Crippen LogP contribution in [-0.4, -0.2) is 47.3 Å². The highest BCUT2D eigenvalue weighted by molar-refractivity contribution is 8.00. The number of rotatable bonds is 13. The van der Waals surface area contributed by atoms with E-state index in [0.29, 0.717) is 51.7 Å². The summed E-state index contributed by atoms with van der Waals surface area (Å²) in [5.41, 5.74) is 2.01. The van der Waals surface area contributed by atoms with Crippen molar-refractivity contribution in [3.63, 3.8) is 0 Å². The number of aliphatic hydroxyl groups excluding tert-OH is 1. The largest absolute Gasteiger partial charge is 0.507 e. The van der Waals surface area contributed by atoms with Crippen LogP contribution in [0.3, 0.4) is 0 Å². The maximum absolute atomic E-state index is 13.8. The number of nitrogens with zero attached hydrogens (tertiary/aromatic N) is 3. The maximum atomic E-state index is 13.8. The molecule has 1 amide bonds. The fourth-order valence-corrected chi connectivity index (χ4v) is 7.45. The normalized spacial score (nSPS) is 15.6. The first kappa shape index (κ1) is 33.0. The highest BCUT2D eigenvalue weighted by Crippen LogP contribution is 2.46. The van der Waals surface area contributed by atoms with Crippen molar-refractivity contribution in [2.75, 3.05) is 25.2 Å². The van der Waals surface area contributed by atoms with E-state index >= 15 is 0 Å². The zero-order chi connectivity index (χ0) is 33.6. The Balaban J connectivity index is 1.39. The van der Waals surface area contributed by atoms with E-state index in [0.717, 1.165) is 29.2 Å². The maximum Gasteiger partial charge on any atom is 0.301 e. The Morgan fingerprint density at radius 3 is 2.50 bits per heavy atom. The number of hydrogen-bond donors (Lipinski definition) is 1. The van der Waals surface area contributed by atoms with E-state index in [-0.39, 0.29) is 16.5 Å². The van der Waals surface area contributed by atoms with E-state index in [1.807, 2.05) is 25.1 Å². The van der Waals surface area contributed by atoms with Crippen LogP contribution in [0, 0.1) is 0 Å². The number of benzene rings is 4.